The van der Waals surface area contributed by atoms with Crippen molar-refractivity contribution >= 4 is 40.2 Å². The van der Waals surface area contributed by atoms with Crippen molar-refractivity contribution in [3.05, 3.63) is 48.4 Å². The van der Waals surface area contributed by atoms with Gasteiger partial charge in [-0.3, -0.25) is 4.57 Å². The van der Waals surface area contributed by atoms with Crippen LogP contribution >= 0.6 is 11.6 Å². The van der Waals surface area contributed by atoms with Crippen molar-refractivity contribution in [1.82, 2.24) is 9.55 Å². The summed E-state index contributed by atoms with van der Waals surface area (Å²) in [5.74, 6) is -0.0581. The van der Waals surface area contributed by atoms with Crippen molar-refractivity contribution in [2.24, 2.45) is 10.4 Å². The molecule has 1 aliphatic rings. The Labute approximate surface area is 156 Å². The lowest BCUT2D eigenvalue weighted by Crippen LogP contribution is -2.34. The standard InChI is InChI=1S/C19H20ClN3O3/c1-12(23-11-22-15-7-5-6-8-16(15)23)14(20)9-21-13(2)26-17-18(24)25-10-19(17,3)4/h5-9,11,17H,1,10H2,2-4H3/b14-9+,21-13+. The summed E-state index contributed by atoms with van der Waals surface area (Å²) in [4.78, 5) is 20.3. The summed E-state index contributed by atoms with van der Waals surface area (Å²) in [6, 6.07) is 7.68. The van der Waals surface area contributed by atoms with E-state index in [0.29, 0.717) is 23.2 Å². The van der Waals surface area contributed by atoms with E-state index in [1.807, 2.05) is 38.1 Å². The number of aromatic nitrogens is 2. The second-order valence-electron chi connectivity index (χ2n) is 6.77. The third-order valence-corrected chi connectivity index (χ3v) is 4.49. The SMILES string of the molecule is C=C(/C(Cl)=C\N=C(/C)OC1C(=O)OCC1(C)C)n1cnc2ccccc21. The van der Waals surface area contributed by atoms with Gasteiger partial charge >= 0.3 is 5.97 Å². The number of benzene rings is 1. The fraction of sp³-hybridized carbons (Fsp3) is 0.316. The monoisotopic (exact) mass is 373 g/mol. The van der Waals surface area contributed by atoms with Crippen molar-refractivity contribution < 1.29 is 14.3 Å². The zero-order valence-electron chi connectivity index (χ0n) is 14.9. The molecule has 0 bridgehead atoms. The van der Waals surface area contributed by atoms with E-state index in [9.17, 15) is 4.79 Å². The van der Waals surface area contributed by atoms with Crippen LogP contribution in [0, 0.1) is 5.41 Å². The minimum Gasteiger partial charge on any atom is -0.465 e. The molecule has 7 heteroatoms. The first kappa shape index (κ1) is 18.2. The maximum Gasteiger partial charge on any atom is 0.348 e. The van der Waals surface area contributed by atoms with Crippen LogP contribution in [-0.2, 0) is 14.3 Å². The van der Waals surface area contributed by atoms with Crippen LogP contribution < -0.4 is 0 Å². The van der Waals surface area contributed by atoms with Gasteiger partial charge in [0.15, 0.2) is 5.90 Å². The second kappa shape index (κ2) is 6.96. The Bertz CT molecular complexity index is 927. The van der Waals surface area contributed by atoms with Crippen molar-refractivity contribution in [3.63, 3.8) is 0 Å². The molecule has 26 heavy (non-hydrogen) atoms. The number of fused-ring (bicyclic) bond motifs is 1. The van der Waals surface area contributed by atoms with Gasteiger partial charge in [-0.15, -0.1) is 0 Å². The smallest absolute Gasteiger partial charge is 0.348 e. The number of nitrogens with zero attached hydrogens (tertiary/aromatic N) is 3. The zero-order chi connectivity index (χ0) is 18.9. The summed E-state index contributed by atoms with van der Waals surface area (Å²) in [6.07, 6.45) is 2.42. The molecule has 0 N–H and O–H groups in total. The minimum absolute atomic E-state index is 0.323. The first-order chi connectivity index (χ1) is 12.3. The maximum atomic E-state index is 11.8. The van der Waals surface area contributed by atoms with Crippen LogP contribution in [0.4, 0.5) is 0 Å². The third kappa shape index (κ3) is 3.51. The molecule has 136 valence electrons. The lowest BCUT2D eigenvalue weighted by atomic mass is 9.90. The Morgan fingerprint density at radius 3 is 2.92 bits per heavy atom. The van der Waals surface area contributed by atoms with Gasteiger partial charge < -0.3 is 9.47 Å². The molecular weight excluding hydrogens is 354 g/mol. The molecule has 3 rings (SSSR count). The number of ether oxygens (including phenoxy) is 2. The fourth-order valence-electron chi connectivity index (χ4n) is 2.65. The molecule has 6 nitrogen and oxygen atoms in total. The number of cyclic esters (lactones) is 1. The number of halogens is 1. The predicted octanol–water partition coefficient (Wildman–Crippen LogP) is 3.97. The first-order valence-corrected chi connectivity index (χ1v) is 8.52. The Balaban J connectivity index is 1.75. The average molecular weight is 374 g/mol. The summed E-state index contributed by atoms with van der Waals surface area (Å²) in [6.45, 7) is 9.81. The molecule has 2 aromatic rings. The molecule has 1 atom stereocenters. The van der Waals surface area contributed by atoms with Crippen LogP contribution in [0.3, 0.4) is 0 Å². The van der Waals surface area contributed by atoms with Crippen LogP contribution in [0.15, 0.2) is 53.4 Å². The molecule has 1 aromatic heterocycles. The van der Waals surface area contributed by atoms with Gasteiger partial charge in [-0.1, -0.05) is 44.2 Å². The molecule has 0 amide bonds. The van der Waals surface area contributed by atoms with E-state index < -0.39 is 11.5 Å². The number of carbonyl (C=O) groups excluding carboxylic acids is 1. The van der Waals surface area contributed by atoms with E-state index in [0.717, 1.165) is 11.0 Å². The number of allylic oxidation sites excluding steroid dienone is 2. The predicted molar refractivity (Wildman–Crippen MR) is 102 cm³/mol. The van der Waals surface area contributed by atoms with Gasteiger partial charge in [-0.2, -0.15) is 0 Å². The number of para-hydroxylation sites is 2. The van der Waals surface area contributed by atoms with Crippen LogP contribution in [0.1, 0.15) is 20.8 Å². The minimum atomic E-state index is -0.681. The van der Waals surface area contributed by atoms with E-state index in [1.54, 1.807) is 17.8 Å². The van der Waals surface area contributed by atoms with Gasteiger partial charge in [0.1, 0.15) is 12.9 Å². The van der Waals surface area contributed by atoms with E-state index in [2.05, 4.69) is 16.6 Å². The maximum absolute atomic E-state index is 11.8. The summed E-state index contributed by atoms with van der Waals surface area (Å²) >= 11 is 6.33. The van der Waals surface area contributed by atoms with Gasteiger partial charge in [-0.25, -0.2) is 14.8 Å². The van der Waals surface area contributed by atoms with Gasteiger partial charge in [0.05, 0.1) is 28.0 Å². The van der Waals surface area contributed by atoms with Gasteiger partial charge in [0, 0.05) is 12.3 Å². The molecule has 1 aromatic carbocycles. The number of imidazole rings is 1. The Hall–Kier alpha value is -2.60. The van der Waals surface area contributed by atoms with Gasteiger partial charge in [0.2, 0.25) is 6.10 Å². The zero-order valence-corrected chi connectivity index (χ0v) is 15.7. The number of carbonyl (C=O) groups is 1. The molecule has 0 aliphatic carbocycles. The van der Waals surface area contributed by atoms with Crippen LogP contribution in [0.2, 0.25) is 0 Å². The molecular formula is C19H20ClN3O3. The second-order valence-corrected chi connectivity index (χ2v) is 7.18. The molecule has 1 unspecified atom stereocenters. The highest BCUT2D eigenvalue weighted by atomic mass is 35.5. The van der Waals surface area contributed by atoms with Crippen LogP contribution in [0.25, 0.3) is 16.7 Å². The Kier molecular flexibility index (Phi) is 4.87. The van der Waals surface area contributed by atoms with E-state index in [4.69, 9.17) is 21.1 Å². The van der Waals surface area contributed by atoms with E-state index in [-0.39, 0.29) is 5.97 Å². The van der Waals surface area contributed by atoms with Crippen molar-refractivity contribution in [2.75, 3.05) is 6.61 Å². The van der Waals surface area contributed by atoms with Crippen LogP contribution in [0.5, 0.6) is 0 Å². The van der Waals surface area contributed by atoms with E-state index in [1.165, 1.54) is 6.20 Å². The highest BCUT2D eigenvalue weighted by Crippen LogP contribution is 2.31. The Morgan fingerprint density at radius 2 is 2.23 bits per heavy atom. The number of hydrogen-bond acceptors (Lipinski definition) is 5. The fourth-order valence-corrected chi connectivity index (χ4v) is 2.79. The number of rotatable bonds is 4. The van der Waals surface area contributed by atoms with Gasteiger partial charge in [0.25, 0.3) is 0 Å². The van der Waals surface area contributed by atoms with Crippen molar-refractivity contribution in [2.45, 2.75) is 26.9 Å². The van der Waals surface area contributed by atoms with Crippen molar-refractivity contribution in [3.8, 4) is 0 Å². The molecule has 2 heterocycles. The molecule has 0 saturated carbocycles. The summed E-state index contributed by atoms with van der Waals surface area (Å²) in [5.41, 5.74) is 1.89. The lowest BCUT2D eigenvalue weighted by Gasteiger charge is -2.22. The largest absolute Gasteiger partial charge is 0.465 e. The highest BCUT2D eigenvalue weighted by Gasteiger charge is 2.45. The van der Waals surface area contributed by atoms with Crippen molar-refractivity contribution in [1.29, 1.82) is 0 Å². The number of esters is 1. The van der Waals surface area contributed by atoms with Gasteiger partial charge in [-0.05, 0) is 12.1 Å². The summed E-state index contributed by atoms with van der Waals surface area (Å²) < 4.78 is 12.5. The first-order valence-electron chi connectivity index (χ1n) is 8.15. The molecule has 1 aliphatic heterocycles. The molecule has 0 radical (unpaired) electrons. The summed E-state index contributed by atoms with van der Waals surface area (Å²) in [5, 5.41) is 0.337. The van der Waals surface area contributed by atoms with E-state index >= 15 is 0 Å². The summed E-state index contributed by atoms with van der Waals surface area (Å²) in [7, 11) is 0. The molecule has 1 fully saturated rings. The molecule has 1 saturated heterocycles. The molecule has 0 spiro atoms. The number of aliphatic imine (C=N–C) groups is 1. The van der Waals surface area contributed by atoms with Crippen LogP contribution in [-0.4, -0.2) is 34.1 Å². The topological polar surface area (TPSA) is 65.7 Å². The Morgan fingerprint density at radius 1 is 1.50 bits per heavy atom. The quantitative estimate of drug-likeness (QED) is 0.352. The average Bonchev–Trinajstić information content (AvgIpc) is 3.15. The highest BCUT2D eigenvalue weighted by molar-refractivity contribution is 6.35. The number of hydrogen-bond donors (Lipinski definition) is 0. The lowest BCUT2D eigenvalue weighted by molar-refractivity contribution is -0.144. The normalized spacial score (nSPS) is 20.3. The third-order valence-electron chi connectivity index (χ3n) is 4.18.